The molecular weight excluding hydrogens is 372 g/mol. The van der Waals surface area contributed by atoms with Crippen LogP contribution in [-0.4, -0.2) is 71.0 Å². The largest absolute Gasteiger partial charge is 0.393 e. The molecule has 0 atom stereocenters. The summed E-state index contributed by atoms with van der Waals surface area (Å²) in [5.74, 6) is -0.122. The fourth-order valence-electron chi connectivity index (χ4n) is 4.38. The number of benzene rings is 1. The summed E-state index contributed by atoms with van der Waals surface area (Å²) in [5.41, 5.74) is 1.91. The topological polar surface area (TPSA) is 99.6 Å². The van der Waals surface area contributed by atoms with E-state index in [0.717, 1.165) is 57.6 Å². The summed E-state index contributed by atoms with van der Waals surface area (Å²) in [5, 5.41) is 12.7. The van der Waals surface area contributed by atoms with Gasteiger partial charge in [-0.05, 0) is 56.8 Å². The quantitative estimate of drug-likeness (QED) is 0.632. The van der Waals surface area contributed by atoms with Gasteiger partial charge in [-0.2, -0.15) is 0 Å². The van der Waals surface area contributed by atoms with Crippen molar-refractivity contribution in [1.29, 1.82) is 0 Å². The molecule has 2 aliphatic rings. The highest BCUT2D eigenvalue weighted by atomic mass is 16.5. The first-order valence-electron chi connectivity index (χ1n) is 10.6. The van der Waals surface area contributed by atoms with Crippen LogP contribution in [0.25, 0.3) is 11.0 Å². The summed E-state index contributed by atoms with van der Waals surface area (Å²) < 4.78 is 7.12. The normalized spacial score (nSPS) is 23.3. The molecule has 1 amide bonds. The fraction of sp³-hybridized carbons (Fsp3) is 0.619. The lowest BCUT2D eigenvalue weighted by molar-refractivity contribution is 0.0374. The van der Waals surface area contributed by atoms with Crippen LogP contribution >= 0.6 is 0 Å². The predicted octanol–water partition coefficient (Wildman–Crippen LogP) is 1.26. The lowest BCUT2D eigenvalue weighted by atomic mass is 9.93. The van der Waals surface area contributed by atoms with E-state index in [9.17, 15) is 14.7 Å². The number of nitrogens with zero attached hydrogens (tertiary/aromatic N) is 2. The molecule has 2 heterocycles. The SMILES string of the molecule is O=C(NCCCN1CCOCC1)c1ccc2c(c1)[nH]c(=O)n2C1CCC(O)CC1. The van der Waals surface area contributed by atoms with Gasteiger partial charge in [-0.1, -0.05) is 0 Å². The van der Waals surface area contributed by atoms with Gasteiger partial charge in [0.15, 0.2) is 0 Å². The molecule has 0 bridgehead atoms. The van der Waals surface area contributed by atoms with Crippen molar-refractivity contribution in [1.82, 2.24) is 19.8 Å². The number of hydrogen-bond acceptors (Lipinski definition) is 5. The Hall–Kier alpha value is -2.16. The molecular formula is C21H30N4O4. The zero-order valence-corrected chi connectivity index (χ0v) is 16.7. The van der Waals surface area contributed by atoms with Crippen molar-refractivity contribution in [2.45, 2.75) is 44.2 Å². The molecule has 0 radical (unpaired) electrons. The van der Waals surface area contributed by atoms with Crippen LogP contribution in [0, 0.1) is 0 Å². The number of aliphatic hydroxyl groups is 1. The van der Waals surface area contributed by atoms with Crippen molar-refractivity contribution in [3.05, 3.63) is 34.2 Å². The molecule has 3 N–H and O–H groups in total. The van der Waals surface area contributed by atoms with Crippen LogP contribution in [0.2, 0.25) is 0 Å². The van der Waals surface area contributed by atoms with E-state index in [-0.39, 0.29) is 23.7 Å². The number of aromatic nitrogens is 2. The van der Waals surface area contributed by atoms with Gasteiger partial charge in [0.1, 0.15) is 0 Å². The maximum Gasteiger partial charge on any atom is 0.326 e. The Morgan fingerprint density at radius 1 is 1.21 bits per heavy atom. The van der Waals surface area contributed by atoms with Crippen LogP contribution in [-0.2, 0) is 4.74 Å². The Labute approximate surface area is 169 Å². The van der Waals surface area contributed by atoms with Crippen molar-refractivity contribution in [3.8, 4) is 0 Å². The van der Waals surface area contributed by atoms with Crippen molar-refractivity contribution in [2.24, 2.45) is 0 Å². The standard InChI is InChI=1S/C21H30N4O4/c26-17-5-3-16(4-6-17)25-19-7-2-15(14-18(19)23-21(25)28)20(27)22-8-1-9-24-10-12-29-13-11-24/h2,7,14,16-17,26H,1,3-6,8-13H2,(H,22,27)(H,23,28). The number of carbonyl (C=O) groups excluding carboxylic acids is 1. The van der Waals surface area contributed by atoms with Crippen LogP contribution in [0.3, 0.4) is 0 Å². The fourth-order valence-corrected chi connectivity index (χ4v) is 4.38. The second-order valence-electron chi connectivity index (χ2n) is 8.06. The molecule has 2 fully saturated rings. The van der Waals surface area contributed by atoms with Gasteiger partial charge < -0.3 is 20.1 Å². The lowest BCUT2D eigenvalue weighted by Crippen LogP contribution is -2.38. The van der Waals surface area contributed by atoms with Crippen molar-refractivity contribution < 1.29 is 14.6 Å². The highest BCUT2D eigenvalue weighted by Gasteiger charge is 2.24. The molecule has 1 aromatic carbocycles. The van der Waals surface area contributed by atoms with E-state index in [4.69, 9.17) is 4.74 Å². The number of aliphatic hydroxyl groups excluding tert-OH is 1. The number of hydrogen-bond donors (Lipinski definition) is 3. The summed E-state index contributed by atoms with van der Waals surface area (Å²) in [6, 6.07) is 5.48. The summed E-state index contributed by atoms with van der Waals surface area (Å²) in [7, 11) is 0. The van der Waals surface area contributed by atoms with E-state index in [0.29, 0.717) is 30.5 Å². The zero-order chi connectivity index (χ0) is 20.2. The van der Waals surface area contributed by atoms with Gasteiger partial charge in [-0.25, -0.2) is 4.79 Å². The Bertz CT molecular complexity index is 892. The Morgan fingerprint density at radius 3 is 2.72 bits per heavy atom. The molecule has 1 saturated carbocycles. The van der Waals surface area contributed by atoms with Crippen molar-refractivity contribution >= 4 is 16.9 Å². The number of fused-ring (bicyclic) bond motifs is 1. The molecule has 1 aliphatic carbocycles. The molecule has 0 spiro atoms. The van der Waals surface area contributed by atoms with Gasteiger partial charge >= 0.3 is 5.69 Å². The average Bonchev–Trinajstić information content (AvgIpc) is 3.07. The number of rotatable bonds is 6. The van der Waals surface area contributed by atoms with E-state index < -0.39 is 0 Å². The number of aromatic amines is 1. The summed E-state index contributed by atoms with van der Waals surface area (Å²) in [6.07, 6.45) is 3.66. The molecule has 8 heteroatoms. The third kappa shape index (κ3) is 4.71. The number of amides is 1. The molecule has 4 rings (SSSR count). The number of nitrogens with one attached hydrogen (secondary N) is 2. The molecule has 1 aliphatic heterocycles. The smallest absolute Gasteiger partial charge is 0.326 e. The van der Waals surface area contributed by atoms with Crippen LogP contribution in [0.4, 0.5) is 0 Å². The molecule has 8 nitrogen and oxygen atoms in total. The second kappa shape index (κ2) is 9.11. The summed E-state index contributed by atoms with van der Waals surface area (Å²) in [6.45, 7) is 5.05. The zero-order valence-electron chi connectivity index (χ0n) is 16.7. The third-order valence-electron chi connectivity index (χ3n) is 6.05. The van der Waals surface area contributed by atoms with Crippen LogP contribution in [0.5, 0.6) is 0 Å². The van der Waals surface area contributed by atoms with E-state index in [2.05, 4.69) is 15.2 Å². The molecule has 1 saturated heterocycles. The van der Waals surface area contributed by atoms with E-state index >= 15 is 0 Å². The van der Waals surface area contributed by atoms with Gasteiger partial charge in [-0.3, -0.25) is 14.3 Å². The monoisotopic (exact) mass is 402 g/mol. The number of ether oxygens (including phenoxy) is 1. The van der Waals surface area contributed by atoms with Gasteiger partial charge in [-0.15, -0.1) is 0 Å². The molecule has 158 valence electrons. The summed E-state index contributed by atoms with van der Waals surface area (Å²) >= 11 is 0. The van der Waals surface area contributed by atoms with Crippen LogP contribution in [0.1, 0.15) is 48.5 Å². The molecule has 2 aromatic rings. The minimum atomic E-state index is -0.259. The molecule has 29 heavy (non-hydrogen) atoms. The predicted molar refractivity (Wildman–Crippen MR) is 110 cm³/mol. The van der Waals surface area contributed by atoms with Crippen LogP contribution in [0.15, 0.2) is 23.0 Å². The number of morpholine rings is 1. The van der Waals surface area contributed by atoms with Gasteiger partial charge in [0.25, 0.3) is 5.91 Å². The van der Waals surface area contributed by atoms with Gasteiger partial charge in [0, 0.05) is 31.2 Å². The van der Waals surface area contributed by atoms with Crippen molar-refractivity contribution in [3.63, 3.8) is 0 Å². The van der Waals surface area contributed by atoms with Gasteiger partial charge in [0.2, 0.25) is 0 Å². The Morgan fingerprint density at radius 2 is 1.97 bits per heavy atom. The van der Waals surface area contributed by atoms with Gasteiger partial charge in [0.05, 0.1) is 30.4 Å². The van der Waals surface area contributed by atoms with E-state index in [1.807, 2.05) is 6.07 Å². The second-order valence-corrected chi connectivity index (χ2v) is 8.06. The summed E-state index contributed by atoms with van der Waals surface area (Å²) in [4.78, 5) is 30.2. The van der Waals surface area contributed by atoms with Crippen LogP contribution < -0.4 is 11.0 Å². The minimum Gasteiger partial charge on any atom is -0.393 e. The average molecular weight is 402 g/mol. The number of H-pyrrole nitrogens is 1. The number of carbonyl (C=O) groups is 1. The lowest BCUT2D eigenvalue weighted by Gasteiger charge is -2.26. The highest BCUT2D eigenvalue weighted by molar-refractivity contribution is 5.97. The minimum absolute atomic E-state index is 0.0968. The number of imidazole rings is 1. The molecule has 0 unspecified atom stereocenters. The third-order valence-corrected chi connectivity index (χ3v) is 6.05. The first-order valence-corrected chi connectivity index (χ1v) is 10.6. The maximum atomic E-state index is 12.5. The first-order chi connectivity index (χ1) is 14.1. The first kappa shape index (κ1) is 20.1. The Kier molecular flexibility index (Phi) is 6.32. The molecule has 1 aromatic heterocycles. The highest BCUT2D eigenvalue weighted by Crippen LogP contribution is 2.29. The Balaban J connectivity index is 1.37. The van der Waals surface area contributed by atoms with E-state index in [1.165, 1.54) is 0 Å². The maximum absolute atomic E-state index is 12.5. The van der Waals surface area contributed by atoms with E-state index in [1.54, 1.807) is 16.7 Å². The van der Waals surface area contributed by atoms with Crippen molar-refractivity contribution in [2.75, 3.05) is 39.4 Å².